The summed E-state index contributed by atoms with van der Waals surface area (Å²) >= 11 is 0. The molecule has 0 fully saturated rings. The van der Waals surface area contributed by atoms with E-state index < -0.39 is 24.2 Å². The summed E-state index contributed by atoms with van der Waals surface area (Å²) in [5.74, 6) is -0.628. The van der Waals surface area contributed by atoms with Gasteiger partial charge in [0.05, 0.1) is 6.61 Å². The minimum atomic E-state index is -0.870. The maximum Gasteiger partial charge on any atom is 0.250 e. The predicted octanol–water partition coefficient (Wildman–Crippen LogP) is -1.85. The second-order valence-electron chi connectivity index (χ2n) is 2.56. The Morgan fingerprint density at radius 1 is 1.58 bits per heavy atom. The van der Waals surface area contributed by atoms with Crippen LogP contribution in [0.15, 0.2) is 12.2 Å². The number of carbonyl (C=O) groups is 1. The minimum Gasteiger partial charge on any atom is -0.394 e. The molecule has 1 aliphatic rings. The molecule has 0 unspecified atom stereocenters. The third-order valence-corrected chi connectivity index (χ3v) is 1.65. The lowest BCUT2D eigenvalue weighted by molar-refractivity contribution is -0.137. The Morgan fingerprint density at radius 2 is 2.25 bits per heavy atom. The van der Waals surface area contributed by atoms with Gasteiger partial charge in [0.15, 0.2) is 6.10 Å². The number of ether oxygens (including phenoxy) is 1. The number of aliphatic hydroxyl groups is 2. The summed E-state index contributed by atoms with van der Waals surface area (Å²) in [5, 5.41) is 17.8. The van der Waals surface area contributed by atoms with Crippen LogP contribution >= 0.6 is 0 Å². The summed E-state index contributed by atoms with van der Waals surface area (Å²) in [5.41, 5.74) is 4.95. The van der Waals surface area contributed by atoms with E-state index in [4.69, 9.17) is 20.7 Å². The lowest BCUT2D eigenvalue weighted by atomic mass is 10.1. The van der Waals surface area contributed by atoms with Gasteiger partial charge in [-0.1, -0.05) is 6.08 Å². The molecule has 3 atom stereocenters. The molecule has 5 nitrogen and oxygen atoms in total. The normalized spacial score (nSPS) is 35.0. The molecule has 0 spiro atoms. The maximum atomic E-state index is 10.6. The van der Waals surface area contributed by atoms with Gasteiger partial charge in [-0.2, -0.15) is 0 Å². The van der Waals surface area contributed by atoms with E-state index >= 15 is 0 Å². The van der Waals surface area contributed by atoms with Gasteiger partial charge >= 0.3 is 0 Å². The molecule has 0 aromatic rings. The molecule has 1 aliphatic heterocycles. The molecule has 12 heavy (non-hydrogen) atoms. The Labute approximate surface area is 69.4 Å². The van der Waals surface area contributed by atoms with Crippen LogP contribution in [0.4, 0.5) is 0 Å². The van der Waals surface area contributed by atoms with Gasteiger partial charge in [-0.05, 0) is 6.08 Å². The van der Waals surface area contributed by atoms with Crippen LogP contribution in [-0.4, -0.2) is 41.0 Å². The zero-order chi connectivity index (χ0) is 9.14. The van der Waals surface area contributed by atoms with Gasteiger partial charge in [-0.15, -0.1) is 0 Å². The zero-order valence-corrected chi connectivity index (χ0v) is 6.38. The molecule has 5 heteroatoms. The van der Waals surface area contributed by atoms with Crippen molar-refractivity contribution < 1.29 is 19.7 Å². The minimum absolute atomic E-state index is 0.338. The Bertz CT molecular complexity index is 204. The van der Waals surface area contributed by atoms with Crippen molar-refractivity contribution in [3.05, 3.63) is 12.2 Å². The van der Waals surface area contributed by atoms with Crippen LogP contribution in [0.25, 0.3) is 0 Å². The standard InChI is InChI=1S/C7H11NO4/c8-7(11)5-2-1-4(10)6(3-9)12-5/h1-2,4-6,9-10H,3H2,(H2,8,11)/t4-,5-,6+/m0/s1. The number of hydrogen-bond donors (Lipinski definition) is 3. The molecule has 0 saturated carbocycles. The van der Waals surface area contributed by atoms with Gasteiger partial charge < -0.3 is 20.7 Å². The van der Waals surface area contributed by atoms with Crippen LogP contribution in [0.3, 0.4) is 0 Å². The largest absolute Gasteiger partial charge is 0.394 e. The van der Waals surface area contributed by atoms with Crippen molar-refractivity contribution in [1.29, 1.82) is 0 Å². The molecule has 1 heterocycles. The molecular formula is C7H11NO4. The average molecular weight is 173 g/mol. The smallest absolute Gasteiger partial charge is 0.250 e. The zero-order valence-electron chi connectivity index (χ0n) is 6.38. The van der Waals surface area contributed by atoms with Gasteiger partial charge in [0, 0.05) is 0 Å². The lowest BCUT2D eigenvalue weighted by Crippen LogP contribution is -2.42. The Kier molecular flexibility index (Phi) is 2.80. The number of rotatable bonds is 2. The highest BCUT2D eigenvalue weighted by atomic mass is 16.5. The van der Waals surface area contributed by atoms with Crippen LogP contribution in [0.1, 0.15) is 0 Å². The molecule has 0 radical (unpaired) electrons. The molecule has 1 amide bonds. The number of hydrogen-bond acceptors (Lipinski definition) is 4. The molecule has 0 aromatic carbocycles. The van der Waals surface area contributed by atoms with Crippen molar-refractivity contribution >= 4 is 5.91 Å². The van der Waals surface area contributed by atoms with Gasteiger partial charge in [-0.25, -0.2) is 0 Å². The van der Waals surface area contributed by atoms with E-state index in [1.165, 1.54) is 12.2 Å². The molecule has 1 rings (SSSR count). The van der Waals surface area contributed by atoms with Crippen LogP contribution < -0.4 is 5.73 Å². The first kappa shape index (κ1) is 9.18. The molecule has 0 saturated heterocycles. The van der Waals surface area contributed by atoms with Gasteiger partial charge in [0.1, 0.15) is 12.2 Å². The third-order valence-electron chi connectivity index (χ3n) is 1.65. The van der Waals surface area contributed by atoms with Crippen LogP contribution in [0.2, 0.25) is 0 Å². The molecule has 4 N–H and O–H groups in total. The highest BCUT2D eigenvalue weighted by Crippen LogP contribution is 2.11. The fourth-order valence-electron chi connectivity index (χ4n) is 0.966. The first-order valence-electron chi connectivity index (χ1n) is 3.57. The topological polar surface area (TPSA) is 92.8 Å². The Hall–Kier alpha value is -0.910. The van der Waals surface area contributed by atoms with Crippen molar-refractivity contribution in [1.82, 2.24) is 0 Å². The highest BCUT2D eigenvalue weighted by molar-refractivity contribution is 5.81. The van der Waals surface area contributed by atoms with Crippen molar-refractivity contribution in [3.63, 3.8) is 0 Å². The fourth-order valence-corrected chi connectivity index (χ4v) is 0.966. The van der Waals surface area contributed by atoms with E-state index in [0.717, 1.165) is 0 Å². The SMILES string of the molecule is NC(=O)[C@@H]1C=C[C@H](O)[C@@H](CO)O1. The van der Waals surface area contributed by atoms with E-state index in [2.05, 4.69) is 0 Å². The van der Waals surface area contributed by atoms with E-state index in [1.54, 1.807) is 0 Å². The average Bonchev–Trinajstić information content (AvgIpc) is 2.05. The van der Waals surface area contributed by atoms with E-state index in [0.29, 0.717) is 0 Å². The monoisotopic (exact) mass is 173 g/mol. The van der Waals surface area contributed by atoms with E-state index in [1.807, 2.05) is 0 Å². The highest BCUT2D eigenvalue weighted by Gasteiger charge is 2.27. The quantitative estimate of drug-likeness (QED) is 0.427. The van der Waals surface area contributed by atoms with Crippen LogP contribution in [0, 0.1) is 0 Å². The fraction of sp³-hybridized carbons (Fsp3) is 0.571. The van der Waals surface area contributed by atoms with Crippen molar-refractivity contribution in [2.75, 3.05) is 6.61 Å². The van der Waals surface area contributed by atoms with Crippen LogP contribution in [-0.2, 0) is 9.53 Å². The third kappa shape index (κ3) is 1.82. The van der Waals surface area contributed by atoms with Gasteiger partial charge in [0.2, 0.25) is 0 Å². The number of amides is 1. The van der Waals surface area contributed by atoms with Crippen LogP contribution in [0.5, 0.6) is 0 Å². The Morgan fingerprint density at radius 3 is 2.75 bits per heavy atom. The molecule has 68 valence electrons. The summed E-state index contributed by atoms with van der Waals surface area (Å²) in [6.45, 7) is -0.338. The lowest BCUT2D eigenvalue weighted by Gasteiger charge is -2.26. The van der Waals surface area contributed by atoms with Crippen molar-refractivity contribution in [3.8, 4) is 0 Å². The summed E-state index contributed by atoms with van der Waals surface area (Å²) in [4.78, 5) is 10.6. The summed E-state index contributed by atoms with van der Waals surface area (Å²) < 4.78 is 4.95. The summed E-state index contributed by atoms with van der Waals surface area (Å²) in [6, 6.07) is 0. The molecule has 0 aliphatic carbocycles. The second-order valence-corrected chi connectivity index (χ2v) is 2.56. The molecular weight excluding hydrogens is 162 g/mol. The molecule has 0 aromatic heterocycles. The number of primary amides is 1. The number of nitrogens with two attached hydrogens (primary N) is 1. The summed E-state index contributed by atoms with van der Waals surface area (Å²) in [7, 11) is 0. The second kappa shape index (κ2) is 3.66. The van der Waals surface area contributed by atoms with Crippen molar-refractivity contribution in [2.45, 2.75) is 18.3 Å². The summed E-state index contributed by atoms with van der Waals surface area (Å²) in [6.07, 6.45) is 0.294. The van der Waals surface area contributed by atoms with Gasteiger partial charge in [0.25, 0.3) is 5.91 Å². The first-order valence-corrected chi connectivity index (χ1v) is 3.57. The Balaban J connectivity index is 2.64. The maximum absolute atomic E-state index is 10.6. The first-order chi connectivity index (χ1) is 5.65. The molecule has 0 bridgehead atoms. The van der Waals surface area contributed by atoms with Crippen molar-refractivity contribution in [2.24, 2.45) is 5.73 Å². The van der Waals surface area contributed by atoms with E-state index in [-0.39, 0.29) is 6.61 Å². The predicted molar refractivity (Wildman–Crippen MR) is 40.1 cm³/mol. The van der Waals surface area contributed by atoms with E-state index in [9.17, 15) is 4.79 Å². The number of carbonyl (C=O) groups excluding carboxylic acids is 1. The van der Waals surface area contributed by atoms with Gasteiger partial charge in [-0.3, -0.25) is 4.79 Å². The number of aliphatic hydroxyl groups excluding tert-OH is 2.